The molecule has 0 N–H and O–H groups in total. The van der Waals surface area contributed by atoms with Gasteiger partial charge in [0.15, 0.2) is 0 Å². The van der Waals surface area contributed by atoms with Crippen molar-refractivity contribution in [3.05, 3.63) is 0 Å². The number of hydrogen-bond donors (Lipinski definition) is 0. The second kappa shape index (κ2) is 3.03. The maximum Gasteiger partial charge on any atom is 0.229 e. The quantitative estimate of drug-likeness (QED) is 0.522. The number of hydrogen-bond acceptors (Lipinski definition) is 2. The van der Waals surface area contributed by atoms with E-state index in [1.165, 1.54) is 11.8 Å². The molecule has 0 radical (unpaired) electrons. The minimum atomic E-state index is -0.123. The molecule has 0 spiro atoms. The Bertz CT molecular complexity index is 189. The van der Waals surface area contributed by atoms with E-state index in [1.807, 2.05) is 6.92 Å². The van der Waals surface area contributed by atoms with E-state index in [0.717, 1.165) is 12.8 Å². The number of likely N-dealkylation sites (tertiary alicyclic amines) is 1. The van der Waals surface area contributed by atoms with Crippen molar-refractivity contribution in [3.8, 4) is 0 Å². The Balaban J connectivity index is 2.70. The van der Waals surface area contributed by atoms with Crippen LogP contribution in [-0.2, 0) is 9.59 Å². The number of carbonyl (C=O) groups excluding carboxylic acids is 2. The van der Waals surface area contributed by atoms with Gasteiger partial charge in [-0.2, -0.15) is 0 Å². The molecule has 0 aromatic rings. The summed E-state index contributed by atoms with van der Waals surface area (Å²) in [7, 11) is 0. The number of imide groups is 1. The monoisotopic (exact) mass is 155 g/mol. The van der Waals surface area contributed by atoms with Crippen molar-refractivity contribution in [2.75, 3.05) is 0 Å². The van der Waals surface area contributed by atoms with Gasteiger partial charge >= 0.3 is 0 Å². The standard InChI is InChI=1S/C8H13NO2/c1-6-4-3-5-8(11)9(6)7(2)10/h6H,3-5H2,1-2H3/t6-/m1/s1. The van der Waals surface area contributed by atoms with Crippen LogP contribution in [0.1, 0.15) is 33.1 Å². The highest BCUT2D eigenvalue weighted by atomic mass is 16.2. The molecule has 11 heavy (non-hydrogen) atoms. The number of amides is 2. The first kappa shape index (κ1) is 8.24. The third kappa shape index (κ3) is 1.59. The Kier molecular flexibility index (Phi) is 2.27. The minimum Gasteiger partial charge on any atom is -0.280 e. The van der Waals surface area contributed by atoms with Crippen LogP contribution in [0.4, 0.5) is 0 Å². The van der Waals surface area contributed by atoms with Crippen LogP contribution in [-0.4, -0.2) is 22.8 Å². The SMILES string of the molecule is CC(=O)N1C(=O)CCC[C@H]1C. The molecular formula is C8H13NO2. The predicted molar refractivity (Wildman–Crippen MR) is 40.8 cm³/mol. The fourth-order valence-electron chi connectivity index (χ4n) is 1.53. The lowest BCUT2D eigenvalue weighted by molar-refractivity contribution is -0.148. The van der Waals surface area contributed by atoms with Gasteiger partial charge in [-0.3, -0.25) is 14.5 Å². The van der Waals surface area contributed by atoms with Crippen molar-refractivity contribution in [1.82, 2.24) is 4.90 Å². The minimum absolute atomic E-state index is 0.0174. The van der Waals surface area contributed by atoms with Crippen molar-refractivity contribution in [2.45, 2.75) is 39.2 Å². The second-order valence-electron chi connectivity index (χ2n) is 3.02. The van der Waals surface area contributed by atoms with E-state index >= 15 is 0 Å². The Labute approximate surface area is 66.4 Å². The lowest BCUT2D eigenvalue weighted by atomic mass is 10.0. The van der Waals surface area contributed by atoms with Gasteiger partial charge in [0, 0.05) is 19.4 Å². The Morgan fingerprint density at radius 3 is 2.64 bits per heavy atom. The molecule has 0 aromatic heterocycles. The molecule has 0 saturated carbocycles. The average molecular weight is 155 g/mol. The molecule has 1 atom stereocenters. The van der Waals surface area contributed by atoms with Crippen LogP contribution in [0.3, 0.4) is 0 Å². The normalized spacial score (nSPS) is 25.5. The fourth-order valence-corrected chi connectivity index (χ4v) is 1.53. The molecule has 1 rings (SSSR count). The Hall–Kier alpha value is -0.860. The lowest BCUT2D eigenvalue weighted by Crippen LogP contribution is -2.44. The van der Waals surface area contributed by atoms with Gasteiger partial charge < -0.3 is 0 Å². The largest absolute Gasteiger partial charge is 0.280 e. The topological polar surface area (TPSA) is 37.4 Å². The van der Waals surface area contributed by atoms with Crippen molar-refractivity contribution in [3.63, 3.8) is 0 Å². The number of carbonyl (C=O) groups is 2. The van der Waals surface area contributed by atoms with Crippen molar-refractivity contribution < 1.29 is 9.59 Å². The van der Waals surface area contributed by atoms with E-state index in [0.29, 0.717) is 6.42 Å². The van der Waals surface area contributed by atoms with Gasteiger partial charge in [0.1, 0.15) is 0 Å². The van der Waals surface area contributed by atoms with Crippen molar-refractivity contribution in [2.24, 2.45) is 0 Å². The van der Waals surface area contributed by atoms with Crippen LogP contribution in [0.2, 0.25) is 0 Å². The van der Waals surface area contributed by atoms with Gasteiger partial charge in [-0.1, -0.05) is 0 Å². The van der Waals surface area contributed by atoms with Gasteiger partial charge in [0.25, 0.3) is 0 Å². The molecular weight excluding hydrogens is 142 g/mol. The maximum atomic E-state index is 11.2. The molecule has 0 unspecified atom stereocenters. The Morgan fingerprint density at radius 2 is 2.27 bits per heavy atom. The molecule has 1 fully saturated rings. The van der Waals surface area contributed by atoms with Crippen LogP contribution in [0.5, 0.6) is 0 Å². The summed E-state index contributed by atoms with van der Waals surface area (Å²) < 4.78 is 0. The third-order valence-electron chi connectivity index (χ3n) is 2.06. The summed E-state index contributed by atoms with van der Waals surface area (Å²) in [6.07, 6.45) is 2.40. The van der Waals surface area contributed by atoms with Gasteiger partial charge in [0.2, 0.25) is 11.8 Å². The summed E-state index contributed by atoms with van der Waals surface area (Å²) in [6.45, 7) is 3.36. The zero-order chi connectivity index (χ0) is 8.43. The van der Waals surface area contributed by atoms with Crippen LogP contribution < -0.4 is 0 Å². The summed E-state index contributed by atoms with van der Waals surface area (Å²) >= 11 is 0. The maximum absolute atomic E-state index is 11.2. The van der Waals surface area contributed by atoms with E-state index in [4.69, 9.17) is 0 Å². The van der Waals surface area contributed by atoms with Crippen molar-refractivity contribution in [1.29, 1.82) is 0 Å². The van der Waals surface area contributed by atoms with E-state index in [1.54, 1.807) is 0 Å². The summed E-state index contributed by atoms with van der Waals surface area (Å²) in [5.74, 6) is -0.140. The molecule has 0 aliphatic carbocycles. The smallest absolute Gasteiger partial charge is 0.229 e. The molecule has 62 valence electrons. The van der Waals surface area contributed by atoms with E-state index in [9.17, 15) is 9.59 Å². The second-order valence-corrected chi connectivity index (χ2v) is 3.02. The first-order valence-corrected chi connectivity index (χ1v) is 3.95. The van der Waals surface area contributed by atoms with Crippen LogP contribution in [0.15, 0.2) is 0 Å². The fraction of sp³-hybridized carbons (Fsp3) is 0.750. The van der Waals surface area contributed by atoms with Gasteiger partial charge in [-0.25, -0.2) is 0 Å². The molecule has 3 heteroatoms. The first-order valence-electron chi connectivity index (χ1n) is 3.95. The zero-order valence-electron chi connectivity index (χ0n) is 6.96. The highest BCUT2D eigenvalue weighted by Crippen LogP contribution is 2.17. The molecule has 3 nitrogen and oxygen atoms in total. The highest BCUT2D eigenvalue weighted by Gasteiger charge is 2.27. The molecule has 1 saturated heterocycles. The first-order chi connectivity index (χ1) is 5.13. The number of piperidine rings is 1. The number of nitrogens with zero attached hydrogens (tertiary/aromatic N) is 1. The number of rotatable bonds is 0. The summed E-state index contributed by atoms with van der Waals surface area (Å²) in [6, 6.07) is 0.105. The summed E-state index contributed by atoms with van der Waals surface area (Å²) in [5, 5.41) is 0. The molecule has 1 aliphatic heterocycles. The lowest BCUT2D eigenvalue weighted by Gasteiger charge is -2.30. The van der Waals surface area contributed by atoms with Crippen LogP contribution >= 0.6 is 0 Å². The van der Waals surface area contributed by atoms with E-state index < -0.39 is 0 Å². The van der Waals surface area contributed by atoms with Crippen molar-refractivity contribution >= 4 is 11.8 Å². The van der Waals surface area contributed by atoms with Crippen LogP contribution in [0, 0.1) is 0 Å². The molecule has 1 heterocycles. The predicted octanol–water partition coefficient (Wildman–Crippen LogP) is 0.934. The average Bonchev–Trinajstić information content (AvgIpc) is 1.85. The van der Waals surface area contributed by atoms with Gasteiger partial charge in [0.05, 0.1) is 0 Å². The van der Waals surface area contributed by atoms with E-state index in [-0.39, 0.29) is 17.9 Å². The molecule has 2 amide bonds. The third-order valence-corrected chi connectivity index (χ3v) is 2.06. The summed E-state index contributed by atoms with van der Waals surface area (Å²) in [5.41, 5.74) is 0. The molecule has 0 bridgehead atoms. The summed E-state index contributed by atoms with van der Waals surface area (Å²) in [4.78, 5) is 23.4. The Morgan fingerprint density at radius 1 is 1.64 bits per heavy atom. The highest BCUT2D eigenvalue weighted by molar-refractivity contribution is 5.94. The van der Waals surface area contributed by atoms with Gasteiger partial charge in [-0.15, -0.1) is 0 Å². The molecule has 1 aliphatic rings. The molecule has 0 aromatic carbocycles. The van der Waals surface area contributed by atoms with Gasteiger partial charge in [-0.05, 0) is 19.8 Å². The van der Waals surface area contributed by atoms with Crippen LogP contribution in [0.25, 0.3) is 0 Å². The zero-order valence-corrected chi connectivity index (χ0v) is 6.96. The van der Waals surface area contributed by atoms with E-state index in [2.05, 4.69) is 0 Å².